The van der Waals surface area contributed by atoms with Crippen LogP contribution in [0.5, 0.6) is 0 Å². The molecule has 0 bridgehead atoms. The Balaban J connectivity index is 1.68. The highest BCUT2D eigenvalue weighted by Gasteiger charge is 2.63. The molecule has 0 aromatic heterocycles. The van der Waals surface area contributed by atoms with Gasteiger partial charge in [-0.15, -0.1) is 0 Å². The van der Waals surface area contributed by atoms with Crippen molar-refractivity contribution in [2.45, 2.75) is 84.0 Å². The Kier molecular flexibility index (Phi) is 3.69. The van der Waals surface area contributed by atoms with Crippen molar-refractivity contribution in [3.8, 4) is 0 Å². The Morgan fingerprint density at radius 3 is 2.26 bits per heavy atom. The highest BCUT2D eigenvalue weighted by Crippen LogP contribution is 2.66. The molecule has 4 rings (SSSR count). The molecule has 4 aliphatic rings. The van der Waals surface area contributed by atoms with Crippen LogP contribution in [0.15, 0.2) is 0 Å². The molecule has 0 aliphatic heterocycles. The van der Waals surface area contributed by atoms with Gasteiger partial charge in [-0.3, -0.25) is 0 Å². The molecular formula is C20H34O3. The van der Waals surface area contributed by atoms with Gasteiger partial charge in [0.1, 0.15) is 0 Å². The van der Waals surface area contributed by atoms with Crippen LogP contribution in [0.1, 0.15) is 65.7 Å². The first kappa shape index (κ1) is 16.4. The summed E-state index contributed by atoms with van der Waals surface area (Å²) in [6, 6.07) is 0. The molecule has 4 saturated carbocycles. The minimum Gasteiger partial charge on any atom is -0.393 e. The third kappa shape index (κ3) is 2.12. The summed E-state index contributed by atoms with van der Waals surface area (Å²) in [5.74, 6) is 2.21. The average Bonchev–Trinajstić information content (AvgIpc) is 2.73. The lowest BCUT2D eigenvalue weighted by molar-refractivity contribution is -0.177. The standard InChI is InChI=1S/C20H34O3/c1-11-8-15-17-14(5-7-20(15,3)18(11)23)19(2)6-4-13(21)9-12(19)10-16(17)22/h11-18,21-23H,4-10H2,1-3H3/t11-,12+,13-,14?,15?,16?,17?,18-,19+,20+/m1/s1. The van der Waals surface area contributed by atoms with Crippen LogP contribution in [0.4, 0.5) is 0 Å². The van der Waals surface area contributed by atoms with E-state index < -0.39 is 0 Å². The number of aliphatic hydroxyl groups is 3. The predicted octanol–water partition coefficient (Wildman–Crippen LogP) is 2.97. The first-order valence-corrected chi connectivity index (χ1v) is 9.81. The lowest BCUT2D eigenvalue weighted by Gasteiger charge is -2.61. The molecule has 4 fully saturated rings. The van der Waals surface area contributed by atoms with Crippen molar-refractivity contribution >= 4 is 0 Å². The van der Waals surface area contributed by atoms with E-state index in [1.807, 2.05) is 0 Å². The van der Waals surface area contributed by atoms with E-state index in [0.29, 0.717) is 29.6 Å². The summed E-state index contributed by atoms with van der Waals surface area (Å²) in [4.78, 5) is 0. The third-order valence-corrected chi connectivity index (χ3v) is 8.93. The van der Waals surface area contributed by atoms with E-state index >= 15 is 0 Å². The van der Waals surface area contributed by atoms with Gasteiger partial charge in [-0.2, -0.15) is 0 Å². The zero-order valence-electron chi connectivity index (χ0n) is 14.9. The number of aliphatic hydroxyl groups excluding tert-OH is 3. The van der Waals surface area contributed by atoms with Crippen LogP contribution in [0, 0.1) is 40.4 Å². The van der Waals surface area contributed by atoms with Gasteiger partial charge in [0.15, 0.2) is 0 Å². The first-order chi connectivity index (χ1) is 10.8. The van der Waals surface area contributed by atoms with Crippen molar-refractivity contribution in [2.75, 3.05) is 0 Å². The zero-order valence-corrected chi connectivity index (χ0v) is 14.9. The second-order valence-electron chi connectivity index (χ2n) is 9.93. The number of fused-ring (bicyclic) bond motifs is 5. The summed E-state index contributed by atoms with van der Waals surface area (Å²) in [5, 5.41) is 31.9. The van der Waals surface area contributed by atoms with E-state index in [0.717, 1.165) is 44.9 Å². The molecule has 3 heteroatoms. The maximum Gasteiger partial charge on any atom is 0.0622 e. The van der Waals surface area contributed by atoms with Gasteiger partial charge in [-0.05, 0) is 85.4 Å². The molecule has 0 amide bonds. The van der Waals surface area contributed by atoms with Crippen LogP contribution >= 0.6 is 0 Å². The van der Waals surface area contributed by atoms with Gasteiger partial charge in [0.05, 0.1) is 18.3 Å². The molecule has 10 atom stereocenters. The van der Waals surface area contributed by atoms with Crippen LogP contribution < -0.4 is 0 Å². The van der Waals surface area contributed by atoms with Crippen molar-refractivity contribution in [1.29, 1.82) is 0 Å². The second-order valence-corrected chi connectivity index (χ2v) is 9.93. The summed E-state index contributed by atoms with van der Waals surface area (Å²) in [5.41, 5.74) is 0.278. The van der Waals surface area contributed by atoms with Crippen LogP contribution in [0.3, 0.4) is 0 Å². The molecule has 0 saturated heterocycles. The molecule has 4 aliphatic carbocycles. The molecule has 3 nitrogen and oxygen atoms in total. The third-order valence-electron chi connectivity index (χ3n) is 8.93. The predicted molar refractivity (Wildman–Crippen MR) is 89.7 cm³/mol. The smallest absolute Gasteiger partial charge is 0.0622 e. The number of rotatable bonds is 0. The zero-order chi connectivity index (χ0) is 16.6. The molecule has 0 spiro atoms. The van der Waals surface area contributed by atoms with E-state index in [4.69, 9.17) is 0 Å². The summed E-state index contributed by atoms with van der Waals surface area (Å²) in [6.45, 7) is 6.89. The van der Waals surface area contributed by atoms with Gasteiger partial charge in [0, 0.05) is 0 Å². The normalized spacial score (nSPS) is 62.3. The van der Waals surface area contributed by atoms with Gasteiger partial charge in [-0.1, -0.05) is 20.8 Å². The highest BCUT2D eigenvalue weighted by atomic mass is 16.3. The average molecular weight is 322 g/mol. The summed E-state index contributed by atoms with van der Waals surface area (Å²) in [7, 11) is 0. The Bertz CT molecular complexity index is 480. The lowest BCUT2D eigenvalue weighted by Crippen LogP contribution is -2.58. The molecule has 23 heavy (non-hydrogen) atoms. The van der Waals surface area contributed by atoms with Crippen LogP contribution in [-0.4, -0.2) is 33.6 Å². The number of hydrogen-bond acceptors (Lipinski definition) is 3. The summed E-state index contributed by atoms with van der Waals surface area (Å²) < 4.78 is 0. The second kappa shape index (κ2) is 5.19. The Labute approximate surface area is 140 Å². The molecule has 132 valence electrons. The van der Waals surface area contributed by atoms with Crippen LogP contribution in [0.2, 0.25) is 0 Å². The van der Waals surface area contributed by atoms with Crippen molar-refractivity contribution in [2.24, 2.45) is 40.4 Å². The lowest BCUT2D eigenvalue weighted by atomic mass is 9.44. The minimum atomic E-state index is -0.245. The fraction of sp³-hybridized carbons (Fsp3) is 1.00. The molecule has 0 aromatic rings. The van der Waals surface area contributed by atoms with Gasteiger partial charge in [0.25, 0.3) is 0 Å². The van der Waals surface area contributed by atoms with Gasteiger partial charge in [-0.25, -0.2) is 0 Å². The Morgan fingerprint density at radius 1 is 0.826 bits per heavy atom. The molecule has 3 N–H and O–H groups in total. The maximum atomic E-state index is 11.0. The molecule has 0 aromatic carbocycles. The van der Waals surface area contributed by atoms with Crippen LogP contribution in [-0.2, 0) is 0 Å². The van der Waals surface area contributed by atoms with E-state index in [2.05, 4.69) is 20.8 Å². The van der Waals surface area contributed by atoms with Crippen LogP contribution in [0.25, 0.3) is 0 Å². The summed E-state index contributed by atoms with van der Waals surface area (Å²) >= 11 is 0. The van der Waals surface area contributed by atoms with E-state index in [9.17, 15) is 15.3 Å². The largest absolute Gasteiger partial charge is 0.393 e. The Hall–Kier alpha value is -0.120. The Morgan fingerprint density at radius 2 is 1.52 bits per heavy atom. The molecular weight excluding hydrogens is 288 g/mol. The monoisotopic (exact) mass is 322 g/mol. The fourth-order valence-corrected chi connectivity index (χ4v) is 7.54. The molecule has 0 radical (unpaired) electrons. The SMILES string of the molecule is C[C@@H]1CC2C3C(O)C[C@@H]4C[C@H](O)CC[C@]4(C)C3CC[C@]2(C)[C@@H]1O. The topological polar surface area (TPSA) is 60.7 Å². The van der Waals surface area contributed by atoms with Crippen molar-refractivity contribution in [3.05, 3.63) is 0 Å². The fourth-order valence-electron chi connectivity index (χ4n) is 7.54. The minimum absolute atomic E-state index is 0.00105. The number of hydrogen-bond donors (Lipinski definition) is 3. The van der Waals surface area contributed by atoms with Gasteiger partial charge in [0.2, 0.25) is 0 Å². The molecule has 0 heterocycles. The van der Waals surface area contributed by atoms with Gasteiger partial charge < -0.3 is 15.3 Å². The van der Waals surface area contributed by atoms with E-state index in [1.54, 1.807) is 0 Å². The highest BCUT2D eigenvalue weighted by molar-refractivity contribution is 5.12. The van der Waals surface area contributed by atoms with E-state index in [-0.39, 0.29) is 29.1 Å². The summed E-state index contributed by atoms with van der Waals surface area (Å²) in [6.07, 6.45) is 6.44. The quantitative estimate of drug-likeness (QED) is 0.642. The van der Waals surface area contributed by atoms with Crippen molar-refractivity contribution in [1.82, 2.24) is 0 Å². The van der Waals surface area contributed by atoms with Crippen molar-refractivity contribution in [3.63, 3.8) is 0 Å². The van der Waals surface area contributed by atoms with Crippen molar-refractivity contribution < 1.29 is 15.3 Å². The van der Waals surface area contributed by atoms with Gasteiger partial charge >= 0.3 is 0 Å². The van der Waals surface area contributed by atoms with E-state index in [1.165, 1.54) is 0 Å². The maximum absolute atomic E-state index is 11.0. The first-order valence-electron chi connectivity index (χ1n) is 9.81. The molecule has 4 unspecified atom stereocenters.